The Labute approximate surface area is 87.6 Å². The first kappa shape index (κ1) is 13.4. The molecule has 0 unspecified atom stereocenters. The molecule has 0 heterocycles. The molecule has 0 fully saturated rings. The second-order valence-electron chi connectivity index (χ2n) is 4.52. The highest BCUT2D eigenvalue weighted by molar-refractivity contribution is 5.68. The fraction of sp³-hybridized carbons (Fsp3) is 0.909. The SMILES string of the molecule is CCCCCCCC(=O)O[N+](C)(C)C. The molecule has 84 valence electrons. The molecule has 0 radical (unpaired) electrons. The zero-order chi connectivity index (χ0) is 11.0. The van der Waals surface area contributed by atoms with Gasteiger partial charge in [0.05, 0.1) is 6.42 Å². The first-order valence-electron chi connectivity index (χ1n) is 5.49. The highest BCUT2D eigenvalue weighted by Crippen LogP contribution is 2.06. The summed E-state index contributed by atoms with van der Waals surface area (Å²) in [6, 6.07) is 0. The predicted molar refractivity (Wildman–Crippen MR) is 57.5 cm³/mol. The van der Waals surface area contributed by atoms with Crippen LogP contribution in [0.3, 0.4) is 0 Å². The molecule has 0 aliphatic heterocycles. The van der Waals surface area contributed by atoms with Gasteiger partial charge in [-0.3, -0.25) is 4.84 Å². The number of nitrogens with zero attached hydrogens (tertiary/aromatic N) is 1. The summed E-state index contributed by atoms with van der Waals surface area (Å²) in [6.45, 7) is 2.19. The Hall–Kier alpha value is -0.570. The topological polar surface area (TPSA) is 26.3 Å². The largest absolute Gasteiger partial charge is 0.366 e. The van der Waals surface area contributed by atoms with Gasteiger partial charge in [0.2, 0.25) is 0 Å². The molecule has 0 aromatic carbocycles. The van der Waals surface area contributed by atoms with Crippen molar-refractivity contribution in [3.05, 3.63) is 0 Å². The normalized spacial score (nSPS) is 11.4. The molecule has 0 spiro atoms. The van der Waals surface area contributed by atoms with Crippen molar-refractivity contribution < 1.29 is 14.3 Å². The average Bonchev–Trinajstić information content (AvgIpc) is 2.00. The van der Waals surface area contributed by atoms with Crippen LogP contribution in [0.25, 0.3) is 0 Å². The second kappa shape index (κ2) is 6.82. The molecule has 0 aromatic rings. The van der Waals surface area contributed by atoms with Crippen LogP contribution in [0.4, 0.5) is 0 Å². The van der Waals surface area contributed by atoms with E-state index in [2.05, 4.69) is 6.92 Å². The van der Waals surface area contributed by atoms with E-state index < -0.39 is 0 Å². The van der Waals surface area contributed by atoms with Gasteiger partial charge in [0, 0.05) is 0 Å². The molecular weight excluding hydrogens is 178 g/mol. The summed E-state index contributed by atoms with van der Waals surface area (Å²) in [5.41, 5.74) is 0. The van der Waals surface area contributed by atoms with Crippen molar-refractivity contribution in [2.24, 2.45) is 0 Å². The Morgan fingerprint density at radius 3 is 2.14 bits per heavy atom. The lowest BCUT2D eigenvalue weighted by molar-refractivity contribution is -1.04. The maximum absolute atomic E-state index is 11.3. The van der Waals surface area contributed by atoms with Gasteiger partial charge in [-0.25, -0.2) is 4.79 Å². The highest BCUT2D eigenvalue weighted by atomic mass is 16.7. The molecular formula is C11H24NO2+. The standard InChI is InChI=1S/C11H24NO2/c1-5-6-7-8-9-10-11(13)14-12(2,3)4/h5-10H2,1-4H3/q+1. The average molecular weight is 202 g/mol. The molecule has 3 nitrogen and oxygen atoms in total. The summed E-state index contributed by atoms with van der Waals surface area (Å²) in [7, 11) is 5.53. The van der Waals surface area contributed by atoms with Gasteiger partial charge in [-0.05, 0) is 6.42 Å². The molecule has 0 saturated heterocycles. The quantitative estimate of drug-likeness (QED) is 0.360. The van der Waals surface area contributed by atoms with Gasteiger partial charge < -0.3 is 0 Å². The third kappa shape index (κ3) is 9.52. The minimum atomic E-state index is -0.0889. The van der Waals surface area contributed by atoms with Crippen LogP contribution in [-0.2, 0) is 9.63 Å². The van der Waals surface area contributed by atoms with Crippen molar-refractivity contribution in [2.75, 3.05) is 21.1 Å². The molecule has 0 N–H and O–H groups in total. The zero-order valence-electron chi connectivity index (χ0n) is 10.0. The van der Waals surface area contributed by atoms with Crippen molar-refractivity contribution in [2.45, 2.75) is 45.4 Å². The second-order valence-corrected chi connectivity index (χ2v) is 4.52. The number of carbonyl (C=O) groups is 1. The Morgan fingerprint density at radius 2 is 1.64 bits per heavy atom. The van der Waals surface area contributed by atoms with E-state index in [0.717, 1.165) is 12.8 Å². The molecule has 0 atom stereocenters. The fourth-order valence-corrected chi connectivity index (χ4v) is 1.22. The van der Waals surface area contributed by atoms with Gasteiger partial charge in [-0.2, -0.15) is 0 Å². The molecule has 0 bridgehead atoms. The summed E-state index contributed by atoms with van der Waals surface area (Å²) in [6.07, 6.45) is 6.39. The van der Waals surface area contributed by atoms with E-state index in [1.54, 1.807) is 0 Å². The van der Waals surface area contributed by atoms with Crippen LogP contribution in [0.2, 0.25) is 0 Å². The lowest BCUT2D eigenvalue weighted by atomic mass is 10.1. The smallest absolute Gasteiger partial charge is 0.277 e. The first-order chi connectivity index (χ1) is 6.45. The molecule has 0 amide bonds. The van der Waals surface area contributed by atoms with Crippen molar-refractivity contribution in [1.29, 1.82) is 0 Å². The monoisotopic (exact) mass is 202 g/mol. The Kier molecular flexibility index (Phi) is 6.54. The number of unbranched alkanes of at least 4 members (excludes halogenated alkanes) is 4. The molecule has 0 aromatic heterocycles. The minimum Gasteiger partial charge on any atom is -0.277 e. The number of quaternary nitrogens is 1. The number of carbonyl (C=O) groups excluding carboxylic acids is 1. The van der Waals surface area contributed by atoms with Crippen LogP contribution in [0.5, 0.6) is 0 Å². The van der Waals surface area contributed by atoms with Gasteiger partial charge in [0.25, 0.3) is 0 Å². The molecule has 0 aliphatic carbocycles. The fourth-order valence-electron chi connectivity index (χ4n) is 1.22. The van der Waals surface area contributed by atoms with Gasteiger partial charge in [-0.1, -0.05) is 32.6 Å². The predicted octanol–water partition coefficient (Wildman–Crippen LogP) is 2.51. The Morgan fingerprint density at radius 1 is 1.07 bits per heavy atom. The van der Waals surface area contributed by atoms with Gasteiger partial charge in [-0.15, -0.1) is 4.65 Å². The molecule has 0 saturated carbocycles. The highest BCUT2D eigenvalue weighted by Gasteiger charge is 2.14. The first-order valence-corrected chi connectivity index (χ1v) is 5.49. The maximum Gasteiger partial charge on any atom is 0.366 e. The van der Waals surface area contributed by atoms with E-state index >= 15 is 0 Å². The number of rotatable bonds is 7. The van der Waals surface area contributed by atoms with Crippen molar-refractivity contribution >= 4 is 5.97 Å². The van der Waals surface area contributed by atoms with E-state index in [9.17, 15) is 4.79 Å². The van der Waals surface area contributed by atoms with E-state index in [4.69, 9.17) is 4.84 Å². The van der Waals surface area contributed by atoms with Crippen LogP contribution in [-0.4, -0.2) is 31.8 Å². The summed E-state index contributed by atoms with van der Waals surface area (Å²) in [5.74, 6) is -0.0889. The number of hydroxylamine groups is 3. The summed E-state index contributed by atoms with van der Waals surface area (Å²) in [4.78, 5) is 16.4. The molecule has 14 heavy (non-hydrogen) atoms. The summed E-state index contributed by atoms with van der Waals surface area (Å²) >= 11 is 0. The lowest BCUT2D eigenvalue weighted by Gasteiger charge is -2.20. The number of hydrogen-bond donors (Lipinski definition) is 0. The third-order valence-electron chi connectivity index (χ3n) is 1.86. The summed E-state index contributed by atoms with van der Waals surface area (Å²) in [5, 5.41) is 0. The van der Waals surface area contributed by atoms with Crippen LogP contribution in [0.1, 0.15) is 45.4 Å². The maximum atomic E-state index is 11.3. The zero-order valence-corrected chi connectivity index (χ0v) is 10.0. The minimum absolute atomic E-state index is 0.0889. The van der Waals surface area contributed by atoms with Crippen molar-refractivity contribution in [3.8, 4) is 0 Å². The molecule has 0 aliphatic rings. The number of hydrogen-bond acceptors (Lipinski definition) is 2. The van der Waals surface area contributed by atoms with Gasteiger partial charge in [0.15, 0.2) is 0 Å². The van der Waals surface area contributed by atoms with Gasteiger partial charge >= 0.3 is 5.97 Å². The van der Waals surface area contributed by atoms with Crippen LogP contribution in [0, 0.1) is 0 Å². The van der Waals surface area contributed by atoms with Crippen LogP contribution in [0.15, 0.2) is 0 Å². The van der Waals surface area contributed by atoms with Crippen molar-refractivity contribution in [1.82, 2.24) is 0 Å². The van der Waals surface area contributed by atoms with Crippen molar-refractivity contribution in [3.63, 3.8) is 0 Å². The lowest BCUT2D eigenvalue weighted by Crippen LogP contribution is -2.36. The van der Waals surface area contributed by atoms with E-state index in [1.165, 1.54) is 19.3 Å². The van der Waals surface area contributed by atoms with E-state index in [0.29, 0.717) is 6.42 Å². The Balaban J connectivity index is 3.36. The van der Waals surface area contributed by atoms with Crippen LogP contribution < -0.4 is 0 Å². The van der Waals surface area contributed by atoms with Gasteiger partial charge in [0.1, 0.15) is 21.1 Å². The van der Waals surface area contributed by atoms with Crippen LogP contribution >= 0.6 is 0 Å². The molecule has 0 rings (SSSR count). The Bertz CT molecular complexity index is 161. The molecule has 3 heteroatoms. The van der Waals surface area contributed by atoms with E-state index in [1.807, 2.05) is 21.1 Å². The third-order valence-corrected chi connectivity index (χ3v) is 1.86. The van der Waals surface area contributed by atoms with E-state index in [-0.39, 0.29) is 10.6 Å². The summed E-state index contributed by atoms with van der Waals surface area (Å²) < 4.78 is 0.258.